The summed E-state index contributed by atoms with van der Waals surface area (Å²) in [5.74, 6) is 0. The van der Waals surface area contributed by atoms with E-state index in [1.54, 1.807) is 0 Å². The third-order valence-electron chi connectivity index (χ3n) is 1.95. The number of hydrogen-bond donors (Lipinski definition) is 1. The molecule has 0 saturated heterocycles. The van der Waals surface area contributed by atoms with Gasteiger partial charge in [-0.25, -0.2) is 0 Å². The molecule has 0 radical (unpaired) electrons. The van der Waals surface area contributed by atoms with Crippen LogP contribution >= 0.6 is 11.6 Å². The van der Waals surface area contributed by atoms with E-state index in [9.17, 15) is 0 Å². The zero-order valence-electron chi connectivity index (χ0n) is 11.0. The third-order valence-corrected chi connectivity index (χ3v) is 2.24. The van der Waals surface area contributed by atoms with Crippen LogP contribution in [0, 0.1) is 13.8 Å². The molecule has 0 unspecified atom stereocenters. The lowest BCUT2D eigenvalue weighted by Crippen LogP contribution is -1.75. The molecule has 0 amide bonds. The number of aromatic amines is 1. The minimum Gasteiger partial charge on any atom is -0.282 e. The van der Waals surface area contributed by atoms with Gasteiger partial charge in [-0.3, -0.25) is 5.10 Å². The first-order valence-corrected chi connectivity index (χ1v) is 6.17. The largest absolute Gasteiger partial charge is 0.282 e. The molecule has 0 atom stereocenters. The molecule has 1 heterocycles. The molecule has 0 spiro atoms. The fourth-order valence-electron chi connectivity index (χ4n) is 1.33. The molecule has 0 aliphatic heterocycles. The van der Waals surface area contributed by atoms with Crippen molar-refractivity contribution in [3.63, 3.8) is 0 Å². The van der Waals surface area contributed by atoms with Crippen molar-refractivity contribution in [1.29, 1.82) is 0 Å². The normalized spacial score (nSPS) is 8.94. The summed E-state index contributed by atoms with van der Waals surface area (Å²) in [5.41, 5.74) is 3.09. The Morgan fingerprint density at radius 3 is 2.19 bits per heavy atom. The number of nitrogens with zero attached hydrogens (tertiary/aromatic N) is 1. The summed E-state index contributed by atoms with van der Waals surface area (Å²) in [7, 11) is 0. The van der Waals surface area contributed by atoms with Crippen LogP contribution in [0.5, 0.6) is 0 Å². The minimum absolute atomic E-state index is 0.717. The Balaban J connectivity index is 0.000000509. The maximum Gasteiger partial charge on any atom is 0.111 e. The molecule has 1 N–H and O–H groups in total. The predicted molar refractivity (Wildman–Crippen MR) is 73.3 cm³/mol. The van der Waals surface area contributed by atoms with E-state index >= 15 is 0 Å². The summed E-state index contributed by atoms with van der Waals surface area (Å²) < 4.78 is 0. The Kier molecular flexibility index (Phi) is 6.82. The van der Waals surface area contributed by atoms with Crippen LogP contribution in [-0.2, 0) is 0 Å². The molecule has 2 rings (SSSR count). The number of aryl methyl sites for hydroxylation is 2. The summed E-state index contributed by atoms with van der Waals surface area (Å²) in [5, 5.41) is 8.84. The van der Waals surface area contributed by atoms with Crippen LogP contribution in [0.25, 0.3) is 10.9 Å². The average Bonchev–Trinajstić information content (AvgIpc) is 2.67. The van der Waals surface area contributed by atoms with Crippen LogP contribution in [0.2, 0.25) is 5.02 Å². The zero-order valence-corrected chi connectivity index (χ0v) is 11.7. The molecule has 90 valence electrons. The van der Waals surface area contributed by atoms with Gasteiger partial charge in [-0.15, -0.1) is 0 Å². The summed E-state index contributed by atoms with van der Waals surface area (Å²) in [6.45, 7) is 12.0. The van der Waals surface area contributed by atoms with Crippen molar-refractivity contribution in [2.75, 3.05) is 0 Å². The summed E-state index contributed by atoms with van der Waals surface area (Å²) in [4.78, 5) is 0. The maximum atomic E-state index is 5.99. The Morgan fingerprint density at radius 1 is 1.06 bits per heavy atom. The van der Waals surface area contributed by atoms with E-state index in [0.29, 0.717) is 5.02 Å². The van der Waals surface area contributed by atoms with Crippen LogP contribution in [0.3, 0.4) is 0 Å². The first-order chi connectivity index (χ1) is 7.68. The summed E-state index contributed by atoms with van der Waals surface area (Å²) >= 11 is 5.99. The molecule has 0 aliphatic rings. The van der Waals surface area contributed by atoms with Gasteiger partial charge in [0.25, 0.3) is 0 Å². The van der Waals surface area contributed by atoms with E-state index in [1.807, 2.05) is 47.6 Å². The maximum absolute atomic E-state index is 5.99. The molecular formula is C13H21ClN2. The molecule has 0 fully saturated rings. The molecule has 2 nitrogen and oxygen atoms in total. The highest BCUT2D eigenvalue weighted by Crippen LogP contribution is 2.24. The number of benzene rings is 1. The second kappa shape index (κ2) is 7.29. The van der Waals surface area contributed by atoms with Gasteiger partial charge in [0.2, 0.25) is 0 Å². The molecule has 2 aromatic rings. The molecule has 1 aromatic carbocycles. The second-order valence-corrected chi connectivity index (χ2v) is 3.40. The van der Waals surface area contributed by atoms with Crippen molar-refractivity contribution in [3.05, 3.63) is 28.4 Å². The van der Waals surface area contributed by atoms with Crippen LogP contribution in [-0.4, -0.2) is 10.2 Å². The minimum atomic E-state index is 0.717. The number of aromatic nitrogens is 2. The number of halogens is 1. The van der Waals surface area contributed by atoms with Crippen molar-refractivity contribution >= 4 is 22.5 Å². The molecule has 3 heteroatoms. The van der Waals surface area contributed by atoms with E-state index in [2.05, 4.69) is 16.3 Å². The summed E-state index contributed by atoms with van der Waals surface area (Å²) in [6, 6.07) is 4.00. The van der Waals surface area contributed by atoms with E-state index in [0.717, 1.165) is 22.2 Å². The number of hydrogen-bond acceptors (Lipinski definition) is 1. The zero-order chi connectivity index (χ0) is 12.7. The van der Waals surface area contributed by atoms with Crippen LogP contribution in [0.4, 0.5) is 0 Å². The fourth-order valence-corrected chi connectivity index (χ4v) is 1.65. The van der Waals surface area contributed by atoms with Gasteiger partial charge < -0.3 is 0 Å². The van der Waals surface area contributed by atoms with Gasteiger partial charge in [-0.05, 0) is 31.5 Å². The van der Waals surface area contributed by atoms with E-state index in [1.165, 1.54) is 0 Å². The van der Waals surface area contributed by atoms with Crippen molar-refractivity contribution in [2.45, 2.75) is 41.5 Å². The van der Waals surface area contributed by atoms with Gasteiger partial charge >= 0.3 is 0 Å². The average molecular weight is 241 g/mol. The smallest absolute Gasteiger partial charge is 0.111 e. The van der Waals surface area contributed by atoms with Crippen molar-refractivity contribution in [1.82, 2.24) is 10.2 Å². The highest BCUT2D eigenvalue weighted by Gasteiger charge is 2.05. The monoisotopic (exact) mass is 240 g/mol. The van der Waals surface area contributed by atoms with E-state index < -0.39 is 0 Å². The number of H-pyrrole nitrogens is 1. The number of fused-ring (bicyclic) bond motifs is 1. The van der Waals surface area contributed by atoms with Crippen LogP contribution < -0.4 is 0 Å². The highest BCUT2D eigenvalue weighted by atomic mass is 35.5. The Morgan fingerprint density at radius 2 is 1.62 bits per heavy atom. The van der Waals surface area contributed by atoms with Gasteiger partial charge in [0.05, 0.1) is 5.02 Å². The van der Waals surface area contributed by atoms with Crippen molar-refractivity contribution < 1.29 is 0 Å². The van der Waals surface area contributed by atoms with Gasteiger partial charge in [0.1, 0.15) is 5.52 Å². The fraction of sp³-hybridized carbons (Fsp3) is 0.462. The molecule has 1 aromatic heterocycles. The van der Waals surface area contributed by atoms with Gasteiger partial charge in [0.15, 0.2) is 0 Å². The van der Waals surface area contributed by atoms with Gasteiger partial charge in [-0.2, -0.15) is 5.10 Å². The number of rotatable bonds is 0. The third kappa shape index (κ3) is 3.24. The summed E-state index contributed by atoms with van der Waals surface area (Å²) in [6.07, 6.45) is 0. The highest BCUT2D eigenvalue weighted by molar-refractivity contribution is 6.35. The van der Waals surface area contributed by atoms with E-state index in [-0.39, 0.29) is 0 Å². The van der Waals surface area contributed by atoms with Crippen LogP contribution in [0.15, 0.2) is 12.1 Å². The molecule has 0 aliphatic carbocycles. The first kappa shape index (κ1) is 15.0. The Hall–Kier alpha value is -1.02. The van der Waals surface area contributed by atoms with Gasteiger partial charge in [-0.1, -0.05) is 39.3 Å². The molecule has 16 heavy (non-hydrogen) atoms. The molecule has 0 bridgehead atoms. The lowest BCUT2D eigenvalue weighted by atomic mass is 10.1. The lowest BCUT2D eigenvalue weighted by molar-refractivity contribution is 1.07. The predicted octanol–water partition coefficient (Wildman–Crippen LogP) is 4.89. The lowest BCUT2D eigenvalue weighted by Gasteiger charge is -1.95. The van der Waals surface area contributed by atoms with Crippen molar-refractivity contribution in [2.24, 2.45) is 0 Å². The Bertz CT molecular complexity index is 433. The quantitative estimate of drug-likeness (QED) is 0.698. The second-order valence-electron chi connectivity index (χ2n) is 2.99. The topological polar surface area (TPSA) is 28.7 Å². The SMILES string of the molecule is CC.CC.Cc1cc(Cl)c2n[nH]c(C)c2c1. The molecular weight excluding hydrogens is 220 g/mol. The standard InChI is InChI=1S/C9H9ClN2.2C2H6/c1-5-3-7-6(2)11-12-9(7)8(10)4-5;2*1-2/h3-4H,1-2H3,(H,11,12);2*1-2H3. The Labute approximate surface area is 103 Å². The van der Waals surface area contributed by atoms with Crippen molar-refractivity contribution in [3.8, 4) is 0 Å². The van der Waals surface area contributed by atoms with E-state index in [4.69, 9.17) is 11.6 Å². The first-order valence-electron chi connectivity index (χ1n) is 5.79. The number of nitrogens with one attached hydrogen (secondary N) is 1. The van der Waals surface area contributed by atoms with Crippen LogP contribution in [0.1, 0.15) is 39.0 Å². The van der Waals surface area contributed by atoms with Gasteiger partial charge in [0, 0.05) is 11.1 Å². The molecule has 0 saturated carbocycles.